The van der Waals surface area contributed by atoms with E-state index < -0.39 is 0 Å². The van der Waals surface area contributed by atoms with Crippen molar-refractivity contribution in [2.45, 2.75) is 20.4 Å². The minimum Gasteiger partial charge on any atom is -0.640 e. The number of carbonyl (C=O) groups is 1. The smallest absolute Gasteiger partial charge is 0.155 e. The summed E-state index contributed by atoms with van der Waals surface area (Å²) >= 11 is 0. The number of carbonyl (C=O) groups excluding carboxylic acids is 1. The van der Waals surface area contributed by atoms with Gasteiger partial charge in [0.1, 0.15) is 5.82 Å². The molecule has 7 heteroatoms. The number of allylic oxidation sites excluding steroid dienone is 2. The Morgan fingerprint density at radius 1 is 0.972 bits per heavy atom. The van der Waals surface area contributed by atoms with Crippen LogP contribution in [0, 0.1) is 6.07 Å². The fraction of sp³-hybridized carbons (Fsp3) is 0.138. The van der Waals surface area contributed by atoms with Crippen LogP contribution >= 0.6 is 0 Å². The Morgan fingerprint density at radius 3 is 2.33 bits per heavy atom. The molecule has 0 fully saturated rings. The van der Waals surface area contributed by atoms with E-state index in [1.54, 1.807) is 6.20 Å². The third kappa shape index (κ3) is 9.55. The maximum Gasteiger partial charge on any atom is 0.155 e. The van der Waals surface area contributed by atoms with E-state index in [1.165, 1.54) is 19.9 Å². The van der Waals surface area contributed by atoms with Gasteiger partial charge in [-0.3, -0.25) is 14.8 Å². The van der Waals surface area contributed by atoms with E-state index >= 15 is 0 Å². The summed E-state index contributed by atoms with van der Waals surface area (Å²) in [7, 11) is 0. The fourth-order valence-corrected chi connectivity index (χ4v) is 3.22. The molecule has 0 bridgehead atoms. The van der Waals surface area contributed by atoms with Crippen molar-refractivity contribution in [1.82, 2.24) is 9.97 Å². The minimum atomic E-state index is -0.125. The van der Waals surface area contributed by atoms with Crippen molar-refractivity contribution in [3.63, 3.8) is 0 Å². The van der Waals surface area contributed by atoms with Gasteiger partial charge < -0.3 is 15.3 Å². The Balaban J connectivity index is 0.000000503. The Morgan fingerprint density at radius 2 is 1.72 bits per heavy atom. The molecule has 0 aliphatic rings. The van der Waals surface area contributed by atoms with Crippen LogP contribution in [0.1, 0.15) is 19.5 Å². The first-order valence-electron chi connectivity index (χ1n) is 11.2. The van der Waals surface area contributed by atoms with Gasteiger partial charge in [0.25, 0.3) is 0 Å². The average molecular weight is 657 g/mol. The van der Waals surface area contributed by atoms with E-state index in [-0.39, 0.29) is 31.6 Å². The van der Waals surface area contributed by atoms with Gasteiger partial charge in [-0.1, -0.05) is 43.1 Å². The van der Waals surface area contributed by atoms with E-state index in [0.29, 0.717) is 13.2 Å². The van der Waals surface area contributed by atoms with Gasteiger partial charge in [-0.15, -0.1) is 42.4 Å². The fourth-order valence-electron chi connectivity index (χ4n) is 3.22. The topological polar surface area (TPSA) is 80.4 Å². The van der Waals surface area contributed by atoms with Gasteiger partial charge in [-0.05, 0) is 49.9 Å². The molecule has 2 aromatic heterocycles. The summed E-state index contributed by atoms with van der Waals surface area (Å²) in [6, 6.07) is 33.2. The molecule has 4 aromatic rings. The monoisotopic (exact) mass is 657 g/mol. The zero-order chi connectivity index (χ0) is 24.9. The molecule has 0 amide bonds. The second kappa shape index (κ2) is 15.4. The van der Waals surface area contributed by atoms with E-state index in [4.69, 9.17) is 15.4 Å². The number of ketones is 1. The van der Waals surface area contributed by atoms with Gasteiger partial charge in [-0.2, -0.15) is 0 Å². The maximum absolute atomic E-state index is 10.0. The molecule has 1 radical (unpaired) electrons. The molecular weight excluding hydrogens is 629 g/mol. The number of nitrogens with zero attached hydrogens (tertiary/aromatic N) is 4. The number of hydrogen-bond donors (Lipinski definition) is 1. The molecule has 2 heterocycles. The second-order valence-electron chi connectivity index (χ2n) is 7.66. The summed E-state index contributed by atoms with van der Waals surface area (Å²) in [4.78, 5) is 21.3. The molecule has 0 saturated heterocycles. The summed E-state index contributed by atoms with van der Waals surface area (Å²) in [5.41, 5.74) is 3.87. The third-order valence-corrected chi connectivity index (χ3v) is 4.72. The zero-order valence-corrected chi connectivity index (χ0v) is 22.6. The molecule has 0 aliphatic heterocycles. The first kappa shape index (κ1) is 28.6. The van der Waals surface area contributed by atoms with Gasteiger partial charge in [0, 0.05) is 43.8 Å². The predicted octanol–water partition coefficient (Wildman–Crippen LogP) is 6.65. The van der Waals surface area contributed by atoms with Crippen molar-refractivity contribution < 1.29 is 30.0 Å². The number of aliphatic hydroxyl groups excluding tert-OH is 1. The largest absolute Gasteiger partial charge is 0.640 e. The summed E-state index contributed by atoms with van der Waals surface area (Å²) < 4.78 is 0. The predicted molar refractivity (Wildman–Crippen MR) is 140 cm³/mol. The number of hydrogen-bond acceptors (Lipinski definition) is 5. The summed E-state index contributed by atoms with van der Waals surface area (Å²) in [6.07, 6.45) is 2.96. The number of benzene rings is 2. The van der Waals surface area contributed by atoms with Gasteiger partial charge in [-0.25, -0.2) is 0 Å². The quantitative estimate of drug-likeness (QED) is 0.131. The number of pyridine rings is 2. The number of rotatable bonds is 8. The second-order valence-corrected chi connectivity index (χ2v) is 7.66. The third-order valence-electron chi connectivity index (χ3n) is 4.72. The molecule has 2 aromatic carbocycles. The van der Waals surface area contributed by atoms with Crippen molar-refractivity contribution in [2.24, 2.45) is 0 Å². The van der Waals surface area contributed by atoms with Crippen LogP contribution in [-0.4, -0.2) is 27.5 Å². The van der Waals surface area contributed by atoms with Crippen LogP contribution in [0.15, 0.2) is 109 Å². The first-order valence-corrected chi connectivity index (χ1v) is 11.2. The van der Waals surface area contributed by atoms with E-state index in [9.17, 15) is 4.79 Å². The van der Waals surface area contributed by atoms with Gasteiger partial charge in [0.05, 0.1) is 5.76 Å². The molecule has 0 spiro atoms. The van der Waals surface area contributed by atoms with Crippen LogP contribution in [-0.2, 0) is 31.4 Å². The molecule has 6 nitrogen and oxygen atoms in total. The number of anilines is 2. The van der Waals surface area contributed by atoms with Crippen molar-refractivity contribution in [1.29, 1.82) is 0 Å². The van der Waals surface area contributed by atoms with Crippen LogP contribution in [0.25, 0.3) is 16.6 Å². The van der Waals surface area contributed by atoms with Crippen molar-refractivity contribution >= 4 is 17.3 Å². The van der Waals surface area contributed by atoms with Crippen LogP contribution < -0.4 is 4.90 Å². The van der Waals surface area contributed by atoms with Crippen molar-refractivity contribution in [3.8, 4) is 11.3 Å². The molecule has 0 aliphatic carbocycles. The first-order chi connectivity index (χ1) is 17.0. The van der Waals surface area contributed by atoms with Gasteiger partial charge in [0.15, 0.2) is 5.78 Å². The summed E-state index contributed by atoms with van der Waals surface area (Å²) in [6.45, 7) is 3.91. The standard InChI is InChI=1S/C24H20N4.C5H8O2.Ir/c1-3-10-20(11-4-1)23-15-9-16-24(27-23)28(22-13-5-2-6-14-22)19-25-18-21-12-7-8-17-26-21;1-4(6)3-5(2)7;/h1-10,12-17H,18-19H2;3,6H,1-2H3;/q-2;;/b;4-3-;. The summed E-state index contributed by atoms with van der Waals surface area (Å²) in [5, 5.41) is 13.1. The number of aromatic nitrogens is 2. The number of para-hydroxylation sites is 1. The van der Waals surface area contributed by atoms with Crippen LogP contribution in [0.3, 0.4) is 0 Å². The Bertz CT molecular complexity index is 1220. The molecule has 1 N–H and O–H groups in total. The van der Waals surface area contributed by atoms with E-state index in [0.717, 1.165) is 28.5 Å². The molecule has 0 saturated carbocycles. The molecule has 0 unspecified atom stereocenters. The normalized spacial score (nSPS) is 10.4. The van der Waals surface area contributed by atoms with Gasteiger partial charge in [0.2, 0.25) is 0 Å². The van der Waals surface area contributed by atoms with E-state index in [1.807, 2.05) is 78.9 Å². The molecule has 4 rings (SSSR count). The van der Waals surface area contributed by atoms with Crippen LogP contribution in [0.5, 0.6) is 0 Å². The minimum absolute atomic E-state index is 0. The van der Waals surface area contributed by atoms with Crippen molar-refractivity contribution in [3.05, 3.63) is 126 Å². The summed E-state index contributed by atoms with van der Waals surface area (Å²) in [5.74, 6) is 0.790. The Hall–Kier alpha value is -3.64. The SMILES string of the molecule is CC(=O)/C=C(/C)O.[Ir].[c-]1ccccc1-c1cccc(N(C[N-]Cc2ccccn2)c2ccccc2)n1. The molecular formula is C29H28IrN4O2-2. The van der Waals surface area contributed by atoms with Gasteiger partial charge >= 0.3 is 0 Å². The maximum atomic E-state index is 10.0. The van der Waals surface area contributed by atoms with E-state index in [2.05, 4.69) is 28.1 Å². The Kier molecular flexibility index (Phi) is 12.2. The zero-order valence-electron chi connectivity index (χ0n) is 20.2. The number of aliphatic hydroxyl groups is 1. The van der Waals surface area contributed by atoms with Crippen LogP contribution in [0.2, 0.25) is 0 Å². The van der Waals surface area contributed by atoms with Crippen molar-refractivity contribution in [2.75, 3.05) is 11.6 Å². The molecule has 36 heavy (non-hydrogen) atoms. The average Bonchev–Trinajstić information content (AvgIpc) is 2.88. The molecule has 0 atom stereocenters. The molecule has 187 valence electrons. The Labute approximate surface area is 226 Å². The van der Waals surface area contributed by atoms with Crippen LogP contribution in [0.4, 0.5) is 11.5 Å².